The van der Waals surface area contributed by atoms with Gasteiger partial charge in [0.2, 0.25) is 0 Å². The monoisotopic (exact) mass is 309 g/mol. The third-order valence-electron chi connectivity index (χ3n) is 2.87. The van der Waals surface area contributed by atoms with Crippen molar-refractivity contribution in [3.63, 3.8) is 0 Å². The Hall–Kier alpha value is -1.92. The molecular formula is C14H16ClN3O3. The van der Waals surface area contributed by atoms with Crippen LogP contribution >= 0.6 is 11.6 Å². The zero-order valence-electron chi connectivity index (χ0n) is 11.6. The summed E-state index contributed by atoms with van der Waals surface area (Å²) in [6.45, 7) is 3.83. The minimum Gasteiger partial charge on any atom is -0.441 e. The maximum atomic E-state index is 10.8. The lowest BCUT2D eigenvalue weighted by Gasteiger charge is -2.00. The van der Waals surface area contributed by atoms with Gasteiger partial charge < -0.3 is 9.73 Å². The molecule has 1 heterocycles. The number of hydrogen-bond acceptors (Lipinski definition) is 5. The minimum atomic E-state index is -0.485. The fourth-order valence-corrected chi connectivity index (χ4v) is 2.11. The average molecular weight is 310 g/mol. The van der Waals surface area contributed by atoms with Gasteiger partial charge in [-0.2, -0.15) is 0 Å². The van der Waals surface area contributed by atoms with Crippen LogP contribution < -0.4 is 5.32 Å². The normalized spacial score (nSPS) is 10.8. The van der Waals surface area contributed by atoms with Crippen LogP contribution in [0.5, 0.6) is 0 Å². The second-order valence-electron chi connectivity index (χ2n) is 4.57. The number of non-ortho nitro benzene ring substituents is 1. The zero-order chi connectivity index (χ0) is 15.2. The first-order valence-corrected chi connectivity index (χ1v) is 7.08. The van der Waals surface area contributed by atoms with Gasteiger partial charge in [-0.15, -0.1) is 0 Å². The van der Waals surface area contributed by atoms with Gasteiger partial charge in [-0.25, -0.2) is 4.98 Å². The second-order valence-corrected chi connectivity index (χ2v) is 5.01. The third-order valence-corrected chi connectivity index (χ3v) is 3.09. The molecule has 21 heavy (non-hydrogen) atoms. The van der Waals surface area contributed by atoms with Gasteiger partial charge in [0, 0.05) is 35.7 Å². The van der Waals surface area contributed by atoms with E-state index in [2.05, 4.69) is 17.2 Å². The minimum absolute atomic E-state index is 0.0694. The van der Waals surface area contributed by atoms with Crippen LogP contribution in [0.4, 0.5) is 5.69 Å². The summed E-state index contributed by atoms with van der Waals surface area (Å²) in [5.41, 5.74) is 0.481. The summed E-state index contributed by atoms with van der Waals surface area (Å²) in [4.78, 5) is 14.5. The summed E-state index contributed by atoms with van der Waals surface area (Å²) >= 11 is 5.89. The van der Waals surface area contributed by atoms with Crippen LogP contribution in [0.1, 0.15) is 19.2 Å². The van der Waals surface area contributed by atoms with Crippen molar-refractivity contribution in [2.45, 2.75) is 19.8 Å². The molecule has 0 aliphatic heterocycles. The molecule has 2 aromatic rings. The van der Waals surface area contributed by atoms with Crippen molar-refractivity contribution >= 4 is 17.3 Å². The standard InChI is InChI=1S/C14H16ClN3O3/c1-2-4-16-5-3-14-17-9-13(21-14)10-6-11(15)8-12(7-10)18(19)20/h6-9,16H,2-5H2,1H3. The van der Waals surface area contributed by atoms with Crippen molar-refractivity contribution in [1.29, 1.82) is 0 Å². The number of aromatic nitrogens is 1. The molecule has 0 unspecified atom stereocenters. The van der Waals surface area contributed by atoms with Crippen LogP contribution in [-0.4, -0.2) is 23.0 Å². The molecule has 7 heteroatoms. The summed E-state index contributed by atoms with van der Waals surface area (Å²) in [5, 5.41) is 14.4. The molecule has 1 aromatic heterocycles. The van der Waals surface area contributed by atoms with Crippen LogP contribution in [0.2, 0.25) is 5.02 Å². The van der Waals surface area contributed by atoms with E-state index in [1.54, 1.807) is 12.3 Å². The molecule has 6 nitrogen and oxygen atoms in total. The van der Waals surface area contributed by atoms with E-state index in [4.69, 9.17) is 16.0 Å². The second kappa shape index (κ2) is 7.19. The van der Waals surface area contributed by atoms with E-state index in [0.29, 0.717) is 28.7 Å². The highest BCUT2D eigenvalue weighted by Gasteiger charge is 2.13. The quantitative estimate of drug-likeness (QED) is 0.481. The molecule has 112 valence electrons. The fraction of sp³-hybridized carbons (Fsp3) is 0.357. The fourth-order valence-electron chi connectivity index (χ4n) is 1.88. The molecule has 0 radical (unpaired) electrons. The Bertz CT molecular complexity index is 628. The lowest BCUT2D eigenvalue weighted by Crippen LogP contribution is -2.17. The Morgan fingerprint density at radius 2 is 2.19 bits per heavy atom. The number of hydrogen-bond donors (Lipinski definition) is 1. The van der Waals surface area contributed by atoms with E-state index >= 15 is 0 Å². The van der Waals surface area contributed by atoms with Crippen LogP contribution in [0, 0.1) is 10.1 Å². The maximum absolute atomic E-state index is 10.8. The van der Waals surface area contributed by atoms with Gasteiger partial charge >= 0.3 is 0 Å². The highest BCUT2D eigenvalue weighted by molar-refractivity contribution is 6.31. The molecule has 2 rings (SSSR count). The number of nitro groups is 1. The SMILES string of the molecule is CCCNCCc1ncc(-c2cc(Cl)cc([N+](=O)[O-])c2)o1. The summed E-state index contributed by atoms with van der Waals surface area (Å²) in [5.74, 6) is 1.07. The summed E-state index contributed by atoms with van der Waals surface area (Å²) in [7, 11) is 0. The van der Waals surface area contributed by atoms with Crippen molar-refractivity contribution in [3.05, 3.63) is 45.4 Å². The Labute approximate surface area is 127 Å². The molecule has 1 aromatic carbocycles. The van der Waals surface area contributed by atoms with Gasteiger partial charge in [-0.05, 0) is 19.0 Å². The van der Waals surface area contributed by atoms with Gasteiger partial charge in [0.1, 0.15) is 0 Å². The molecule has 0 fully saturated rings. The van der Waals surface area contributed by atoms with Gasteiger partial charge in [-0.3, -0.25) is 10.1 Å². The Balaban J connectivity index is 2.12. The lowest BCUT2D eigenvalue weighted by molar-refractivity contribution is -0.384. The number of rotatable bonds is 7. The van der Waals surface area contributed by atoms with Crippen molar-refractivity contribution < 1.29 is 9.34 Å². The summed E-state index contributed by atoms with van der Waals surface area (Å²) in [6, 6.07) is 4.34. The smallest absolute Gasteiger partial charge is 0.271 e. The first kappa shape index (κ1) is 15.5. The highest BCUT2D eigenvalue weighted by atomic mass is 35.5. The molecule has 1 N–H and O–H groups in total. The first-order valence-electron chi connectivity index (χ1n) is 6.71. The number of nitrogens with zero attached hydrogens (tertiary/aromatic N) is 2. The van der Waals surface area contributed by atoms with Gasteiger partial charge in [0.05, 0.1) is 11.1 Å². The number of benzene rings is 1. The summed E-state index contributed by atoms with van der Waals surface area (Å²) < 4.78 is 5.61. The van der Waals surface area contributed by atoms with E-state index in [9.17, 15) is 10.1 Å². The van der Waals surface area contributed by atoms with E-state index in [0.717, 1.165) is 19.5 Å². The van der Waals surface area contributed by atoms with Crippen molar-refractivity contribution in [2.24, 2.45) is 0 Å². The summed E-state index contributed by atoms with van der Waals surface area (Å²) in [6.07, 6.45) is 3.30. The Morgan fingerprint density at radius 3 is 2.90 bits per heavy atom. The van der Waals surface area contributed by atoms with E-state index in [-0.39, 0.29) is 5.69 Å². The van der Waals surface area contributed by atoms with Gasteiger partial charge in [-0.1, -0.05) is 18.5 Å². The van der Waals surface area contributed by atoms with E-state index in [1.165, 1.54) is 12.1 Å². The first-order chi connectivity index (χ1) is 10.1. The van der Waals surface area contributed by atoms with Gasteiger partial charge in [0.15, 0.2) is 11.7 Å². The Morgan fingerprint density at radius 1 is 1.38 bits per heavy atom. The molecule has 0 amide bonds. The van der Waals surface area contributed by atoms with Crippen LogP contribution in [-0.2, 0) is 6.42 Å². The highest BCUT2D eigenvalue weighted by Crippen LogP contribution is 2.28. The predicted molar refractivity (Wildman–Crippen MR) is 80.5 cm³/mol. The zero-order valence-corrected chi connectivity index (χ0v) is 12.4. The van der Waals surface area contributed by atoms with Crippen molar-refractivity contribution in [3.8, 4) is 11.3 Å². The molecule has 0 atom stereocenters. The maximum Gasteiger partial charge on any atom is 0.271 e. The molecule has 0 saturated carbocycles. The molecule has 0 saturated heterocycles. The molecular weight excluding hydrogens is 294 g/mol. The largest absolute Gasteiger partial charge is 0.441 e. The number of nitro benzene ring substituents is 1. The van der Waals surface area contributed by atoms with Crippen molar-refractivity contribution in [2.75, 3.05) is 13.1 Å². The third kappa shape index (κ3) is 4.27. The van der Waals surface area contributed by atoms with Crippen LogP contribution in [0.3, 0.4) is 0 Å². The molecule has 0 spiro atoms. The number of nitrogens with one attached hydrogen (secondary N) is 1. The number of oxazole rings is 1. The molecule has 0 bridgehead atoms. The topological polar surface area (TPSA) is 81.2 Å². The van der Waals surface area contributed by atoms with Crippen LogP contribution in [0.25, 0.3) is 11.3 Å². The number of halogens is 1. The van der Waals surface area contributed by atoms with E-state index in [1.807, 2.05) is 0 Å². The average Bonchev–Trinajstić information content (AvgIpc) is 2.92. The van der Waals surface area contributed by atoms with E-state index < -0.39 is 4.92 Å². The molecule has 0 aliphatic carbocycles. The molecule has 0 aliphatic rings. The predicted octanol–water partition coefficient (Wildman–Crippen LogP) is 3.45. The lowest BCUT2D eigenvalue weighted by atomic mass is 10.1. The van der Waals surface area contributed by atoms with Crippen molar-refractivity contribution in [1.82, 2.24) is 10.3 Å². The Kier molecular flexibility index (Phi) is 5.30. The van der Waals surface area contributed by atoms with Crippen LogP contribution in [0.15, 0.2) is 28.8 Å². The van der Waals surface area contributed by atoms with Gasteiger partial charge in [0.25, 0.3) is 5.69 Å².